The molecule has 0 radical (unpaired) electrons. The van der Waals surface area contributed by atoms with Crippen LogP contribution in [0.1, 0.15) is 17.3 Å². The first-order valence-electron chi connectivity index (χ1n) is 6.10. The van der Waals surface area contributed by atoms with Crippen LogP contribution < -0.4 is 4.74 Å². The summed E-state index contributed by atoms with van der Waals surface area (Å²) < 4.78 is 9.83. The van der Waals surface area contributed by atoms with Crippen molar-refractivity contribution in [1.29, 1.82) is 0 Å². The number of Topliss-reactive ketones (excluding diaryl/α,β-unsaturated/α-hetero) is 1. The Morgan fingerprint density at radius 2 is 1.90 bits per heavy atom. The predicted molar refractivity (Wildman–Crippen MR) is 73.1 cm³/mol. The Morgan fingerprint density at radius 3 is 2.55 bits per heavy atom. The third-order valence-electron chi connectivity index (χ3n) is 2.92. The number of esters is 1. The Balaban J connectivity index is 2.55. The third-order valence-corrected chi connectivity index (χ3v) is 2.92. The summed E-state index contributed by atoms with van der Waals surface area (Å²) >= 11 is 0. The zero-order chi connectivity index (χ0) is 14.7. The molecule has 20 heavy (non-hydrogen) atoms. The van der Waals surface area contributed by atoms with Gasteiger partial charge in [-0.3, -0.25) is 4.79 Å². The van der Waals surface area contributed by atoms with Gasteiger partial charge in [0.15, 0.2) is 0 Å². The number of carbonyl (C=O) groups is 2. The van der Waals surface area contributed by atoms with E-state index in [0.717, 1.165) is 0 Å². The standard InChI is InChI=1S/C15H14O5/c1-3-20-15(18)14(17)11-8-7-9-10(13(11)16)5-4-6-12(9)19-2/h4-8,16H,3H2,1-2H3. The van der Waals surface area contributed by atoms with E-state index in [4.69, 9.17) is 4.74 Å². The maximum atomic E-state index is 11.9. The van der Waals surface area contributed by atoms with Crippen LogP contribution in [0.5, 0.6) is 11.5 Å². The highest BCUT2D eigenvalue weighted by atomic mass is 16.5. The maximum Gasteiger partial charge on any atom is 0.379 e. The molecule has 0 aliphatic rings. The van der Waals surface area contributed by atoms with Crippen LogP contribution in [0.4, 0.5) is 0 Å². The van der Waals surface area contributed by atoms with Crippen LogP contribution in [0.15, 0.2) is 30.3 Å². The second-order valence-electron chi connectivity index (χ2n) is 4.07. The molecule has 0 saturated heterocycles. The minimum atomic E-state index is -0.981. The molecule has 2 aromatic rings. The topological polar surface area (TPSA) is 72.8 Å². The van der Waals surface area contributed by atoms with Crippen molar-refractivity contribution in [3.05, 3.63) is 35.9 Å². The number of hydrogen-bond donors (Lipinski definition) is 1. The molecular formula is C15H14O5. The Morgan fingerprint density at radius 1 is 1.15 bits per heavy atom. The number of aromatic hydroxyl groups is 1. The Labute approximate surface area is 115 Å². The van der Waals surface area contributed by atoms with Crippen molar-refractivity contribution in [3.63, 3.8) is 0 Å². The summed E-state index contributed by atoms with van der Waals surface area (Å²) in [5.41, 5.74) is -0.0794. The molecule has 0 atom stereocenters. The van der Waals surface area contributed by atoms with Crippen molar-refractivity contribution in [3.8, 4) is 11.5 Å². The van der Waals surface area contributed by atoms with E-state index in [1.165, 1.54) is 13.2 Å². The van der Waals surface area contributed by atoms with Gasteiger partial charge < -0.3 is 14.6 Å². The molecule has 0 bridgehead atoms. The molecule has 2 rings (SSSR count). The number of phenolic OH excluding ortho intramolecular Hbond substituents is 1. The minimum absolute atomic E-state index is 0.0794. The largest absolute Gasteiger partial charge is 0.507 e. The second-order valence-corrected chi connectivity index (χ2v) is 4.07. The molecule has 5 heteroatoms. The molecule has 0 aromatic heterocycles. The van der Waals surface area contributed by atoms with Crippen molar-refractivity contribution in [2.24, 2.45) is 0 Å². The van der Waals surface area contributed by atoms with E-state index >= 15 is 0 Å². The van der Waals surface area contributed by atoms with Crippen LogP contribution in [-0.4, -0.2) is 30.6 Å². The average Bonchev–Trinajstić information content (AvgIpc) is 2.46. The number of phenols is 1. The summed E-state index contributed by atoms with van der Waals surface area (Å²) in [6, 6.07) is 8.10. The number of methoxy groups -OCH3 is 1. The zero-order valence-corrected chi connectivity index (χ0v) is 11.2. The van der Waals surface area contributed by atoms with Crippen LogP contribution in [-0.2, 0) is 9.53 Å². The molecule has 2 aromatic carbocycles. The number of ether oxygens (including phenoxy) is 2. The fourth-order valence-corrected chi connectivity index (χ4v) is 1.98. The molecule has 0 heterocycles. The van der Waals surface area contributed by atoms with Crippen LogP contribution in [0.25, 0.3) is 10.8 Å². The highest BCUT2D eigenvalue weighted by Crippen LogP contribution is 2.34. The lowest BCUT2D eigenvalue weighted by Crippen LogP contribution is -2.17. The van der Waals surface area contributed by atoms with Crippen molar-refractivity contribution in [2.45, 2.75) is 6.92 Å². The van der Waals surface area contributed by atoms with Crippen LogP contribution >= 0.6 is 0 Å². The van der Waals surface area contributed by atoms with Gasteiger partial charge in [-0.1, -0.05) is 12.1 Å². The van der Waals surface area contributed by atoms with Crippen molar-refractivity contribution in [1.82, 2.24) is 0 Å². The highest BCUT2D eigenvalue weighted by Gasteiger charge is 2.22. The summed E-state index contributed by atoms with van der Waals surface area (Å²) in [6.45, 7) is 1.71. The molecule has 0 amide bonds. The molecule has 0 fully saturated rings. The average molecular weight is 274 g/mol. The molecule has 0 aliphatic carbocycles. The number of ketones is 1. The van der Waals surface area contributed by atoms with E-state index in [-0.39, 0.29) is 17.9 Å². The number of benzene rings is 2. The molecule has 104 valence electrons. The maximum absolute atomic E-state index is 11.9. The normalized spacial score (nSPS) is 10.3. The Bertz CT molecular complexity index is 675. The van der Waals surface area contributed by atoms with Gasteiger partial charge in [0.05, 0.1) is 19.3 Å². The van der Waals surface area contributed by atoms with E-state index in [1.807, 2.05) is 0 Å². The van der Waals surface area contributed by atoms with Crippen LogP contribution in [0, 0.1) is 0 Å². The summed E-state index contributed by atoms with van der Waals surface area (Å²) in [5.74, 6) is -1.52. The Kier molecular flexibility index (Phi) is 3.89. The highest BCUT2D eigenvalue weighted by molar-refractivity contribution is 6.41. The van der Waals surface area contributed by atoms with Crippen molar-refractivity contribution >= 4 is 22.5 Å². The first-order chi connectivity index (χ1) is 9.60. The number of fused-ring (bicyclic) bond motifs is 1. The fourth-order valence-electron chi connectivity index (χ4n) is 1.98. The molecule has 0 aliphatic heterocycles. The van der Waals surface area contributed by atoms with E-state index in [0.29, 0.717) is 16.5 Å². The van der Waals surface area contributed by atoms with Gasteiger partial charge in [-0.05, 0) is 25.1 Å². The van der Waals surface area contributed by atoms with Crippen molar-refractivity contribution in [2.75, 3.05) is 13.7 Å². The molecule has 0 saturated carbocycles. The SMILES string of the molecule is CCOC(=O)C(=O)c1ccc2c(OC)cccc2c1O. The first-order valence-corrected chi connectivity index (χ1v) is 6.10. The number of rotatable bonds is 4. The molecule has 0 unspecified atom stereocenters. The quantitative estimate of drug-likeness (QED) is 0.526. The molecular weight excluding hydrogens is 260 g/mol. The van der Waals surface area contributed by atoms with Gasteiger partial charge in [0.2, 0.25) is 0 Å². The predicted octanol–water partition coefficient (Wildman–Crippen LogP) is 2.30. The second kappa shape index (κ2) is 5.61. The Hall–Kier alpha value is -2.56. The lowest BCUT2D eigenvalue weighted by atomic mass is 10.0. The van der Waals surface area contributed by atoms with Gasteiger partial charge in [0.1, 0.15) is 11.5 Å². The van der Waals surface area contributed by atoms with Gasteiger partial charge in [-0.2, -0.15) is 0 Å². The summed E-state index contributed by atoms with van der Waals surface area (Å²) in [6.07, 6.45) is 0. The van der Waals surface area contributed by atoms with E-state index < -0.39 is 11.8 Å². The monoisotopic (exact) mass is 274 g/mol. The number of carbonyl (C=O) groups excluding carboxylic acids is 2. The van der Waals surface area contributed by atoms with Gasteiger partial charge in [0.25, 0.3) is 5.78 Å². The number of hydrogen-bond acceptors (Lipinski definition) is 5. The smallest absolute Gasteiger partial charge is 0.379 e. The van der Waals surface area contributed by atoms with E-state index in [1.54, 1.807) is 31.2 Å². The third kappa shape index (κ3) is 2.30. The van der Waals surface area contributed by atoms with E-state index in [2.05, 4.69) is 4.74 Å². The lowest BCUT2D eigenvalue weighted by molar-refractivity contribution is -0.137. The molecule has 1 N–H and O–H groups in total. The lowest BCUT2D eigenvalue weighted by Gasteiger charge is -2.09. The minimum Gasteiger partial charge on any atom is -0.507 e. The molecule has 5 nitrogen and oxygen atoms in total. The van der Waals surface area contributed by atoms with Crippen molar-refractivity contribution < 1.29 is 24.2 Å². The zero-order valence-electron chi connectivity index (χ0n) is 11.2. The summed E-state index contributed by atoms with van der Waals surface area (Å²) in [5, 5.41) is 11.3. The summed E-state index contributed by atoms with van der Waals surface area (Å²) in [4.78, 5) is 23.3. The first kappa shape index (κ1) is 13.9. The van der Waals surface area contributed by atoms with E-state index in [9.17, 15) is 14.7 Å². The van der Waals surface area contributed by atoms with Crippen LogP contribution in [0.2, 0.25) is 0 Å². The van der Waals surface area contributed by atoms with Gasteiger partial charge in [-0.25, -0.2) is 4.79 Å². The molecule has 0 spiro atoms. The summed E-state index contributed by atoms with van der Waals surface area (Å²) in [7, 11) is 1.52. The van der Waals surface area contributed by atoms with Gasteiger partial charge >= 0.3 is 5.97 Å². The van der Waals surface area contributed by atoms with Gasteiger partial charge in [-0.15, -0.1) is 0 Å². The van der Waals surface area contributed by atoms with Gasteiger partial charge in [0, 0.05) is 10.8 Å². The van der Waals surface area contributed by atoms with Crippen LogP contribution in [0.3, 0.4) is 0 Å². The fraction of sp³-hybridized carbons (Fsp3) is 0.200.